The highest BCUT2D eigenvalue weighted by Gasteiger charge is 2.09. The van der Waals surface area contributed by atoms with Gasteiger partial charge in [0.1, 0.15) is 11.6 Å². The lowest BCUT2D eigenvalue weighted by atomic mass is 10.1. The molecule has 0 unspecified atom stereocenters. The van der Waals surface area contributed by atoms with Gasteiger partial charge in [-0.1, -0.05) is 6.07 Å². The Balaban J connectivity index is 2.19. The van der Waals surface area contributed by atoms with Crippen LogP contribution < -0.4 is 10.1 Å². The Morgan fingerprint density at radius 3 is 2.71 bits per heavy atom. The first-order valence-corrected chi connectivity index (χ1v) is 6.89. The highest BCUT2D eigenvalue weighted by molar-refractivity contribution is 9.10. The third-order valence-corrected chi connectivity index (χ3v) is 3.56. The lowest BCUT2D eigenvalue weighted by molar-refractivity contribution is 0.0697. The summed E-state index contributed by atoms with van der Waals surface area (Å²) in [5.41, 5.74) is 1.43. The molecular formula is C15H13BrFNO3. The van der Waals surface area contributed by atoms with E-state index in [4.69, 9.17) is 9.84 Å². The van der Waals surface area contributed by atoms with Crippen molar-refractivity contribution in [3.05, 3.63) is 57.8 Å². The van der Waals surface area contributed by atoms with Gasteiger partial charge >= 0.3 is 5.97 Å². The summed E-state index contributed by atoms with van der Waals surface area (Å²) in [6, 6.07) is 9.32. The van der Waals surface area contributed by atoms with Crippen molar-refractivity contribution in [3.8, 4) is 5.75 Å². The third-order valence-electron chi connectivity index (χ3n) is 2.91. The molecule has 0 atom stereocenters. The first-order valence-electron chi connectivity index (χ1n) is 6.10. The van der Waals surface area contributed by atoms with Gasteiger partial charge in [-0.25, -0.2) is 9.18 Å². The lowest BCUT2D eigenvalue weighted by Gasteiger charge is -2.12. The number of carbonyl (C=O) groups is 1. The molecule has 0 aromatic heterocycles. The van der Waals surface area contributed by atoms with Crippen LogP contribution >= 0.6 is 15.9 Å². The average molecular weight is 354 g/mol. The van der Waals surface area contributed by atoms with Gasteiger partial charge in [0.05, 0.1) is 22.8 Å². The number of methoxy groups -OCH3 is 1. The van der Waals surface area contributed by atoms with Crippen LogP contribution in [0.1, 0.15) is 15.9 Å². The molecule has 4 nitrogen and oxygen atoms in total. The highest BCUT2D eigenvalue weighted by atomic mass is 79.9. The van der Waals surface area contributed by atoms with E-state index in [0.717, 1.165) is 5.56 Å². The van der Waals surface area contributed by atoms with Crippen LogP contribution in [0, 0.1) is 5.82 Å². The van der Waals surface area contributed by atoms with Crippen molar-refractivity contribution in [1.29, 1.82) is 0 Å². The Bertz CT molecular complexity index is 676. The summed E-state index contributed by atoms with van der Waals surface area (Å²) in [6.45, 7) is 0.351. The topological polar surface area (TPSA) is 58.6 Å². The normalized spacial score (nSPS) is 10.2. The molecule has 2 rings (SSSR count). The van der Waals surface area contributed by atoms with Gasteiger partial charge in [-0.3, -0.25) is 0 Å². The van der Waals surface area contributed by atoms with Crippen LogP contribution in [0.4, 0.5) is 10.1 Å². The largest absolute Gasteiger partial charge is 0.495 e. The van der Waals surface area contributed by atoms with Crippen molar-refractivity contribution >= 4 is 27.6 Å². The van der Waals surface area contributed by atoms with Gasteiger partial charge in [-0.15, -0.1) is 0 Å². The minimum Gasteiger partial charge on any atom is -0.495 e. The summed E-state index contributed by atoms with van der Waals surface area (Å²) in [5.74, 6) is -0.839. The van der Waals surface area contributed by atoms with E-state index in [2.05, 4.69) is 21.2 Å². The van der Waals surface area contributed by atoms with E-state index in [1.807, 2.05) is 0 Å². The molecule has 0 saturated carbocycles. The van der Waals surface area contributed by atoms with Gasteiger partial charge < -0.3 is 15.2 Å². The molecule has 0 amide bonds. The van der Waals surface area contributed by atoms with Crippen LogP contribution in [-0.4, -0.2) is 18.2 Å². The molecule has 0 radical (unpaired) electrons. The first kappa shape index (κ1) is 15.3. The van der Waals surface area contributed by atoms with E-state index >= 15 is 0 Å². The van der Waals surface area contributed by atoms with E-state index in [-0.39, 0.29) is 11.4 Å². The first-order chi connectivity index (χ1) is 10.0. The molecule has 0 aliphatic rings. The lowest BCUT2D eigenvalue weighted by Crippen LogP contribution is -2.04. The Kier molecular flexibility index (Phi) is 4.80. The molecule has 2 aromatic rings. The molecule has 110 valence electrons. The molecule has 0 saturated heterocycles. The Morgan fingerprint density at radius 2 is 2.10 bits per heavy atom. The highest BCUT2D eigenvalue weighted by Crippen LogP contribution is 2.26. The number of hydrogen-bond acceptors (Lipinski definition) is 3. The maximum Gasteiger partial charge on any atom is 0.335 e. The molecule has 2 N–H and O–H groups in total. The van der Waals surface area contributed by atoms with Gasteiger partial charge in [-0.05, 0) is 51.8 Å². The SMILES string of the molecule is COc1ccc(C(=O)O)cc1NCc1ccc(Br)c(F)c1. The summed E-state index contributed by atoms with van der Waals surface area (Å²) in [4.78, 5) is 11.0. The van der Waals surface area contributed by atoms with Crippen molar-refractivity contribution in [2.45, 2.75) is 6.54 Å². The number of nitrogens with one attached hydrogen (secondary N) is 1. The monoisotopic (exact) mass is 353 g/mol. The van der Waals surface area contributed by atoms with Crippen molar-refractivity contribution in [1.82, 2.24) is 0 Å². The average Bonchev–Trinajstić information content (AvgIpc) is 2.48. The number of carboxylic acids is 1. The zero-order valence-corrected chi connectivity index (χ0v) is 12.8. The Labute approximate surface area is 129 Å². The molecule has 0 bridgehead atoms. The molecule has 0 fully saturated rings. The van der Waals surface area contributed by atoms with Gasteiger partial charge in [0.2, 0.25) is 0 Å². The molecule has 2 aromatic carbocycles. The van der Waals surface area contributed by atoms with Crippen LogP contribution in [0.25, 0.3) is 0 Å². The fourth-order valence-electron chi connectivity index (χ4n) is 1.83. The number of aromatic carboxylic acids is 1. The van der Waals surface area contributed by atoms with E-state index < -0.39 is 5.97 Å². The van der Waals surface area contributed by atoms with E-state index in [0.29, 0.717) is 22.5 Å². The molecule has 0 heterocycles. The summed E-state index contributed by atoms with van der Waals surface area (Å²) >= 11 is 3.09. The van der Waals surface area contributed by atoms with Crippen LogP contribution in [0.2, 0.25) is 0 Å². The molecular weight excluding hydrogens is 341 g/mol. The van der Waals surface area contributed by atoms with Crippen molar-refractivity contribution < 1.29 is 19.0 Å². The van der Waals surface area contributed by atoms with Crippen molar-refractivity contribution in [2.75, 3.05) is 12.4 Å². The predicted octanol–water partition coefficient (Wildman–Crippen LogP) is 3.91. The maximum atomic E-state index is 13.4. The number of rotatable bonds is 5. The Morgan fingerprint density at radius 1 is 1.33 bits per heavy atom. The Hall–Kier alpha value is -2.08. The third kappa shape index (κ3) is 3.72. The zero-order chi connectivity index (χ0) is 15.4. The minimum absolute atomic E-state index is 0.153. The second-order valence-corrected chi connectivity index (χ2v) is 5.18. The second-order valence-electron chi connectivity index (χ2n) is 4.32. The number of ether oxygens (including phenoxy) is 1. The quantitative estimate of drug-likeness (QED) is 0.855. The van der Waals surface area contributed by atoms with Gasteiger partial charge in [0.25, 0.3) is 0 Å². The summed E-state index contributed by atoms with van der Waals surface area (Å²) in [5, 5.41) is 12.1. The van der Waals surface area contributed by atoms with Crippen LogP contribution in [0.3, 0.4) is 0 Å². The van der Waals surface area contributed by atoms with E-state index in [1.54, 1.807) is 18.2 Å². The maximum absolute atomic E-state index is 13.4. The van der Waals surface area contributed by atoms with E-state index in [9.17, 15) is 9.18 Å². The number of benzene rings is 2. The van der Waals surface area contributed by atoms with Gasteiger partial charge in [-0.2, -0.15) is 0 Å². The fraction of sp³-hybridized carbons (Fsp3) is 0.133. The molecule has 6 heteroatoms. The predicted molar refractivity (Wildman–Crippen MR) is 81.4 cm³/mol. The second kappa shape index (κ2) is 6.58. The number of hydrogen-bond donors (Lipinski definition) is 2. The number of anilines is 1. The minimum atomic E-state index is -1.02. The van der Waals surface area contributed by atoms with Crippen LogP contribution in [0.5, 0.6) is 5.75 Å². The molecule has 0 aliphatic carbocycles. The number of halogens is 2. The van der Waals surface area contributed by atoms with Gasteiger partial charge in [0, 0.05) is 6.54 Å². The molecule has 21 heavy (non-hydrogen) atoms. The van der Waals surface area contributed by atoms with Crippen LogP contribution in [0.15, 0.2) is 40.9 Å². The molecule has 0 aliphatic heterocycles. The summed E-state index contributed by atoms with van der Waals surface area (Å²) < 4.78 is 19.0. The summed E-state index contributed by atoms with van der Waals surface area (Å²) in [6.07, 6.45) is 0. The standard InChI is InChI=1S/C15H13BrFNO3/c1-21-14-5-3-10(15(19)20)7-13(14)18-8-9-2-4-11(16)12(17)6-9/h2-7,18H,8H2,1H3,(H,19,20). The molecule has 0 spiro atoms. The number of carboxylic acid groups (broad SMARTS) is 1. The summed E-state index contributed by atoms with van der Waals surface area (Å²) in [7, 11) is 1.50. The zero-order valence-electron chi connectivity index (χ0n) is 11.2. The van der Waals surface area contributed by atoms with Crippen molar-refractivity contribution in [2.24, 2.45) is 0 Å². The van der Waals surface area contributed by atoms with Crippen LogP contribution in [-0.2, 0) is 6.54 Å². The van der Waals surface area contributed by atoms with E-state index in [1.165, 1.54) is 25.3 Å². The van der Waals surface area contributed by atoms with Gasteiger partial charge in [0.15, 0.2) is 0 Å². The van der Waals surface area contributed by atoms with Crippen molar-refractivity contribution in [3.63, 3.8) is 0 Å². The fourth-order valence-corrected chi connectivity index (χ4v) is 2.07. The smallest absolute Gasteiger partial charge is 0.335 e.